The molecule has 3 rings (SSSR count). The van der Waals surface area contributed by atoms with E-state index in [0.717, 1.165) is 0 Å². The van der Waals surface area contributed by atoms with Gasteiger partial charge in [-0.3, -0.25) is 13.9 Å². The molecule has 0 aliphatic carbocycles. The van der Waals surface area contributed by atoms with Crippen molar-refractivity contribution < 1.29 is 33.0 Å². The molecule has 37 heavy (non-hydrogen) atoms. The fourth-order valence-electron chi connectivity index (χ4n) is 3.52. The van der Waals surface area contributed by atoms with E-state index in [1.54, 1.807) is 57.3 Å². The molecule has 1 saturated heterocycles. The lowest BCUT2D eigenvalue weighted by Gasteiger charge is -2.24. The molecule has 200 valence electrons. The summed E-state index contributed by atoms with van der Waals surface area (Å²) < 4.78 is 38.2. The van der Waals surface area contributed by atoms with E-state index in [1.165, 1.54) is 11.5 Å². The van der Waals surface area contributed by atoms with Crippen LogP contribution in [-0.2, 0) is 23.4 Å². The second-order valence-corrected chi connectivity index (χ2v) is 11.2. The highest BCUT2D eigenvalue weighted by atomic mass is 32.1. The van der Waals surface area contributed by atoms with Crippen LogP contribution >= 0.6 is 32.2 Å². The number of hydrogen-bond acceptors (Lipinski definition) is 9. The average Bonchev–Trinajstić information content (AvgIpc) is 3.15. The number of ether oxygens (including phenoxy) is 2. The number of aliphatic hydroxyl groups excluding tert-OH is 1. The third-order valence-electron chi connectivity index (χ3n) is 5.34. The third kappa shape index (κ3) is 7.33. The number of carbonyl (C=O) groups excluding carboxylic acids is 1. The van der Waals surface area contributed by atoms with Gasteiger partial charge in [0.25, 0.3) is 6.04 Å². The van der Waals surface area contributed by atoms with Crippen molar-refractivity contribution in [2.45, 2.75) is 64.3 Å². The quantitative estimate of drug-likeness (QED) is 0.166. The van der Waals surface area contributed by atoms with Crippen LogP contribution < -0.4 is 9.61 Å². The molecule has 0 radical (unpaired) electrons. The smallest absolute Gasteiger partial charge is 0.459 e. The Morgan fingerprint density at radius 2 is 2.00 bits per heavy atom. The number of para-hydroxylation sites is 1. The average molecular weight is 569 g/mol. The summed E-state index contributed by atoms with van der Waals surface area (Å²) in [6, 6.07) is 6.21. The zero-order valence-electron chi connectivity index (χ0n) is 20.7. The zero-order valence-corrected chi connectivity index (χ0v) is 23.2. The van der Waals surface area contributed by atoms with Crippen molar-refractivity contribution in [3.8, 4) is 5.75 Å². The van der Waals surface area contributed by atoms with Crippen LogP contribution in [-0.4, -0.2) is 57.6 Å². The molecule has 1 aromatic carbocycles. The Labute approximate surface area is 225 Å². The Hall–Kier alpha value is -2.43. The lowest BCUT2D eigenvalue weighted by Crippen LogP contribution is -2.37. The van der Waals surface area contributed by atoms with Crippen molar-refractivity contribution in [3.05, 3.63) is 62.9 Å². The molecule has 2 heterocycles. The topological polar surface area (TPSA) is 128 Å². The number of carbonyl (C=O) groups is 1. The maximum atomic E-state index is 13.7. The van der Waals surface area contributed by atoms with Gasteiger partial charge in [-0.2, -0.15) is 5.09 Å². The van der Waals surface area contributed by atoms with Crippen molar-refractivity contribution in [1.29, 1.82) is 0 Å². The highest BCUT2D eigenvalue weighted by Crippen LogP contribution is 2.46. The molecule has 1 aliphatic heterocycles. The number of nitrogens with zero attached hydrogens (tertiary/aromatic N) is 2. The molecule has 1 unspecified atom stereocenters. The molecule has 3 N–H and O–H groups in total. The van der Waals surface area contributed by atoms with Crippen LogP contribution in [0.4, 0.5) is 0 Å². The minimum atomic E-state index is -4.18. The van der Waals surface area contributed by atoms with Gasteiger partial charge < -0.3 is 28.9 Å². The molecular formula is C23H29N4O7PS2. The summed E-state index contributed by atoms with van der Waals surface area (Å²) >= 11 is 10.5. The summed E-state index contributed by atoms with van der Waals surface area (Å²) in [6.45, 7) is 13.8. The second-order valence-electron chi connectivity index (χ2n) is 8.69. The molecule has 14 heteroatoms. The van der Waals surface area contributed by atoms with E-state index in [1.807, 2.05) is 0 Å². The Morgan fingerprint density at radius 1 is 1.32 bits per heavy atom. The maximum absolute atomic E-state index is 13.7. The molecule has 1 aliphatic rings. The number of aryl methyl sites for hydroxylation is 1. The Bertz CT molecular complexity index is 1310. The minimum absolute atomic E-state index is 0.222. The second kappa shape index (κ2) is 12.4. The molecule has 2 aromatic rings. The Morgan fingerprint density at radius 3 is 2.62 bits per heavy atom. The molecule has 6 atom stereocenters. The summed E-state index contributed by atoms with van der Waals surface area (Å²) in [5, 5.41) is 13.4. The monoisotopic (exact) mass is 568 g/mol. The lowest BCUT2D eigenvalue weighted by molar-refractivity contribution is -0.149. The van der Waals surface area contributed by atoms with Gasteiger partial charge in [-0.1, -0.05) is 30.4 Å². The molecular weight excluding hydrogens is 539 g/mol. The van der Waals surface area contributed by atoms with Gasteiger partial charge in [-0.05, 0) is 52.0 Å². The lowest BCUT2D eigenvalue weighted by atomic mass is 10.1. The van der Waals surface area contributed by atoms with Crippen LogP contribution in [0.15, 0.2) is 36.5 Å². The van der Waals surface area contributed by atoms with E-state index in [-0.39, 0.29) is 16.6 Å². The molecule has 0 amide bonds. The van der Waals surface area contributed by atoms with E-state index in [2.05, 4.69) is 14.9 Å². The number of aliphatic hydroxyl groups is 1. The van der Waals surface area contributed by atoms with E-state index < -0.39 is 50.8 Å². The Kier molecular flexibility index (Phi) is 9.77. The van der Waals surface area contributed by atoms with Crippen LogP contribution in [0.1, 0.15) is 32.6 Å². The molecule has 1 aromatic heterocycles. The summed E-state index contributed by atoms with van der Waals surface area (Å²) in [7, 11) is -4.18. The normalized spacial score (nSPS) is 23.7. The highest BCUT2D eigenvalue weighted by Gasteiger charge is 2.51. The van der Waals surface area contributed by atoms with E-state index in [4.69, 9.17) is 49.5 Å². The van der Waals surface area contributed by atoms with Gasteiger partial charge in [-0.25, -0.2) is 11.1 Å². The number of benzene rings is 1. The van der Waals surface area contributed by atoms with Crippen LogP contribution in [0.25, 0.3) is 4.85 Å². The standard InChI is InChI=1S/C23H29N4O7PS2/c1-13(2)32-22(29)15(4)26-35(30,34-16-9-7-6-8-10-16)31-12-17-19(28)18(24-5)21(33-17)27-11-14(3)20(36)25-23(27)37/h6-11,13,15,17-19,21,28H,12H2,1-4H3,(H,26,30)(H,25,36,37)/t15-,17-,18+,19?,21-,35-/m0/s1. The predicted molar refractivity (Wildman–Crippen MR) is 140 cm³/mol. The number of H-pyrrole nitrogens is 1. The largest absolute Gasteiger partial charge is 0.462 e. The predicted octanol–water partition coefficient (Wildman–Crippen LogP) is 4.26. The third-order valence-corrected chi connectivity index (χ3v) is 7.72. The van der Waals surface area contributed by atoms with Crippen molar-refractivity contribution in [2.75, 3.05) is 6.61 Å². The van der Waals surface area contributed by atoms with Gasteiger partial charge in [0.2, 0.25) is 6.23 Å². The van der Waals surface area contributed by atoms with Gasteiger partial charge in [0.15, 0.2) is 10.9 Å². The number of hydrogen-bond donors (Lipinski definition) is 3. The molecule has 1 fully saturated rings. The van der Waals surface area contributed by atoms with Crippen LogP contribution in [0.2, 0.25) is 0 Å². The van der Waals surface area contributed by atoms with Gasteiger partial charge >= 0.3 is 13.7 Å². The first-order valence-electron chi connectivity index (χ1n) is 11.4. The first-order chi connectivity index (χ1) is 17.4. The number of nitrogens with one attached hydrogen (secondary N) is 2. The summed E-state index contributed by atoms with van der Waals surface area (Å²) in [5.41, 5.74) is 0.706. The van der Waals surface area contributed by atoms with E-state index in [0.29, 0.717) is 10.2 Å². The molecule has 0 saturated carbocycles. The summed E-state index contributed by atoms with van der Waals surface area (Å²) in [4.78, 5) is 18.7. The van der Waals surface area contributed by atoms with Crippen LogP contribution in [0.5, 0.6) is 5.75 Å². The first kappa shape index (κ1) is 29.1. The fourth-order valence-corrected chi connectivity index (χ4v) is 5.49. The van der Waals surface area contributed by atoms with Crippen molar-refractivity contribution >= 4 is 38.2 Å². The summed E-state index contributed by atoms with van der Waals surface area (Å²) in [5.74, 6) is -0.416. The maximum Gasteiger partial charge on any atom is 0.459 e. The van der Waals surface area contributed by atoms with Gasteiger partial charge in [0.1, 0.15) is 22.5 Å². The van der Waals surface area contributed by atoms with E-state index in [9.17, 15) is 14.5 Å². The minimum Gasteiger partial charge on any atom is -0.462 e. The van der Waals surface area contributed by atoms with Gasteiger partial charge in [-0.15, -0.1) is 0 Å². The molecule has 0 bridgehead atoms. The van der Waals surface area contributed by atoms with Crippen LogP contribution in [0, 0.1) is 22.9 Å². The SMILES string of the molecule is [C-]#[N+][C@@H]1C(O)[C@H](CO[P@@](=O)(N[C@@H](C)C(=O)OC(C)C)Oc2ccccc2)O[C@@H]1n1cc(C)c(=S)[nH]c1=S. The van der Waals surface area contributed by atoms with Gasteiger partial charge in [0.05, 0.1) is 12.7 Å². The van der Waals surface area contributed by atoms with Crippen molar-refractivity contribution in [1.82, 2.24) is 14.6 Å². The van der Waals surface area contributed by atoms with Crippen molar-refractivity contribution in [2.24, 2.45) is 0 Å². The van der Waals surface area contributed by atoms with Crippen LogP contribution in [0.3, 0.4) is 0 Å². The summed E-state index contributed by atoms with van der Waals surface area (Å²) in [6.07, 6.45) is -2.02. The first-order valence-corrected chi connectivity index (χ1v) is 13.8. The fraction of sp³-hybridized carbons (Fsp3) is 0.478. The molecule has 0 spiro atoms. The zero-order chi connectivity index (χ0) is 27.3. The number of aromatic nitrogens is 2. The van der Waals surface area contributed by atoms with Crippen molar-refractivity contribution in [3.63, 3.8) is 0 Å². The number of aromatic amines is 1. The van der Waals surface area contributed by atoms with Gasteiger partial charge in [0, 0.05) is 11.8 Å². The number of esters is 1. The number of rotatable bonds is 10. The Balaban J connectivity index is 1.81. The highest BCUT2D eigenvalue weighted by molar-refractivity contribution is 7.72. The van der Waals surface area contributed by atoms with E-state index >= 15 is 0 Å². The molecule has 11 nitrogen and oxygen atoms in total.